The highest BCUT2D eigenvalue weighted by atomic mass is 16.3. The Labute approximate surface area is 160 Å². The van der Waals surface area contributed by atoms with Crippen LogP contribution in [-0.2, 0) is 11.2 Å². The smallest absolute Gasteiger partial charge is 0.165 e. The lowest BCUT2D eigenvalue weighted by Gasteiger charge is -2.31. The van der Waals surface area contributed by atoms with Crippen molar-refractivity contribution in [2.75, 3.05) is 0 Å². The molecule has 146 valence electrons. The molecule has 0 bridgehead atoms. The first-order valence-corrected chi connectivity index (χ1v) is 9.28. The van der Waals surface area contributed by atoms with Crippen molar-refractivity contribution in [1.82, 2.24) is 0 Å². The number of hydrogen-bond acceptors (Lipinski definition) is 5. The van der Waals surface area contributed by atoms with E-state index in [9.17, 15) is 24.9 Å². The molecule has 1 saturated carbocycles. The SMILES string of the molecule is CC(/C=C/C1C(C)CCC(=O)[C@@H]1C)=C\Cc1c(O)c(O)c(C)c(C=O)c1O. The molecule has 5 heteroatoms. The summed E-state index contributed by atoms with van der Waals surface area (Å²) in [5, 5.41) is 30.3. The monoisotopic (exact) mass is 372 g/mol. The molecule has 1 aromatic carbocycles. The number of benzene rings is 1. The highest BCUT2D eigenvalue weighted by molar-refractivity contribution is 5.85. The number of carbonyl (C=O) groups excluding carboxylic acids is 2. The molecule has 0 heterocycles. The Morgan fingerprint density at radius 3 is 2.44 bits per heavy atom. The molecule has 3 N–H and O–H groups in total. The fraction of sp³-hybridized carbons (Fsp3) is 0.455. The van der Waals surface area contributed by atoms with Crippen LogP contribution in [0.4, 0.5) is 0 Å². The van der Waals surface area contributed by atoms with E-state index in [1.165, 1.54) is 6.92 Å². The van der Waals surface area contributed by atoms with Crippen molar-refractivity contribution in [3.05, 3.63) is 40.5 Å². The lowest BCUT2D eigenvalue weighted by atomic mass is 9.72. The van der Waals surface area contributed by atoms with Gasteiger partial charge in [0.15, 0.2) is 17.8 Å². The van der Waals surface area contributed by atoms with Crippen LogP contribution in [0.3, 0.4) is 0 Å². The zero-order valence-corrected chi connectivity index (χ0v) is 16.3. The Hall–Kier alpha value is -2.56. The van der Waals surface area contributed by atoms with Crippen molar-refractivity contribution in [1.29, 1.82) is 0 Å². The number of rotatable bonds is 5. The lowest BCUT2D eigenvalue weighted by molar-refractivity contribution is -0.126. The number of aromatic hydroxyl groups is 3. The predicted octanol–water partition coefficient (Wildman–Crippen LogP) is 4.22. The van der Waals surface area contributed by atoms with Crippen LogP contribution in [0.2, 0.25) is 0 Å². The first kappa shape index (κ1) is 20.7. The topological polar surface area (TPSA) is 94.8 Å². The summed E-state index contributed by atoms with van der Waals surface area (Å²) in [5.41, 5.74) is 1.14. The fourth-order valence-electron chi connectivity index (χ4n) is 3.69. The van der Waals surface area contributed by atoms with E-state index in [2.05, 4.69) is 13.0 Å². The molecule has 0 saturated heterocycles. The number of hydrogen-bond donors (Lipinski definition) is 3. The van der Waals surface area contributed by atoms with E-state index >= 15 is 0 Å². The van der Waals surface area contributed by atoms with Gasteiger partial charge in [0.25, 0.3) is 0 Å². The molecule has 1 fully saturated rings. The van der Waals surface area contributed by atoms with E-state index in [0.29, 0.717) is 24.4 Å². The van der Waals surface area contributed by atoms with E-state index in [0.717, 1.165) is 12.0 Å². The lowest BCUT2D eigenvalue weighted by Crippen LogP contribution is -2.30. The number of ketones is 1. The van der Waals surface area contributed by atoms with E-state index in [1.807, 2.05) is 19.9 Å². The summed E-state index contributed by atoms with van der Waals surface area (Å²) in [5.74, 6) is -0.170. The summed E-state index contributed by atoms with van der Waals surface area (Å²) < 4.78 is 0. The maximum atomic E-state index is 11.9. The summed E-state index contributed by atoms with van der Waals surface area (Å²) >= 11 is 0. The zero-order chi connectivity index (χ0) is 20.3. The summed E-state index contributed by atoms with van der Waals surface area (Å²) in [4.78, 5) is 23.1. The Morgan fingerprint density at radius 1 is 1.15 bits per heavy atom. The summed E-state index contributed by atoms with van der Waals surface area (Å²) in [6.45, 7) is 7.47. The van der Waals surface area contributed by atoms with E-state index in [-0.39, 0.29) is 40.7 Å². The van der Waals surface area contributed by atoms with E-state index in [1.54, 1.807) is 6.08 Å². The molecule has 5 nitrogen and oxygen atoms in total. The van der Waals surface area contributed by atoms with E-state index in [4.69, 9.17) is 0 Å². The molecule has 2 rings (SSSR count). The van der Waals surface area contributed by atoms with Crippen molar-refractivity contribution in [3.8, 4) is 17.2 Å². The van der Waals surface area contributed by atoms with Crippen molar-refractivity contribution in [2.24, 2.45) is 17.8 Å². The molecular formula is C22H28O5. The standard InChI is InChI=1S/C22H28O5/c1-12(5-8-16-13(2)7-10-19(24)14(16)3)6-9-17-21(26)18(11-23)15(4)20(25)22(17)27/h5-6,8,11,13-14,16,25-27H,7,9-10H2,1-4H3/b8-5+,12-6+/t13?,14-,16?/m1/s1. The Kier molecular flexibility index (Phi) is 6.47. The average Bonchev–Trinajstić information content (AvgIpc) is 2.63. The summed E-state index contributed by atoms with van der Waals surface area (Å²) in [7, 11) is 0. The van der Waals surface area contributed by atoms with Gasteiger partial charge >= 0.3 is 0 Å². The molecule has 0 aromatic heterocycles. The third-order valence-corrected chi connectivity index (χ3v) is 5.73. The molecule has 1 aliphatic rings. The van der Waals surface area contributed by atoms with Crippen LogP contribution in [0.1, 0.15) is 55.1 Å². The number of Topliss-reactive ketones (excluding diaryl/α,β-unsaturated/α-hetero) is 1. The van der Waals surface area contributed by atoms with Gasteiger partial charge in [0.05, 0.1) is 5.56 Å². The second kappa shape index (κ2) is 8.42. The van der Waals surface area contributed by atoms with Crippen LogP contribution in [0, 0.1) is 24.7 Å². The molecule has 0 amide bonds. The Balaban J connectivity index is 2.22. The van der Waals surface area contributed by atoms with Gasteiger partial charge in [0.2, 0.25) is 0 Å². The van der Waals surface area contributed by atoms with Gasteiger partial charge in [0.1, 0.15) is 11.5 Å². The summed E-state index contributed by atoms with van der Waals surface area (Å²) in [6.07, 6.45) is 7.98. The second-order valence-electron chi connectivity index (χ2n) is 7.54. The molecule has 0 spiro atoms. The third-order valence-electron chi connectivity index (χ3n) is 5.73. The Morgan fingerprint density at radius 2 is 1.81 bits per heavy atom. The largest absolute Gasteiger partial charge is 0.507 e. The van der Waals surface area contributed by atoms with Crippen molar-refractivity contribution in [3.63, 3.8) is 0 Å². The maximum absolute atomic E-state index is 11.9. The normalized spacial score (nSPS) is 23.8. The number of allylic oxidation sites excluding steroid dienone is 4. The molecule has 3 atom stereocenters. The highest BCUT2D eigenvalue weighted by Crippen LogP contribution is 2.41. The van der Waals surface area contributed by atoms with Gasteiger partial charge in [-0.25, -0.2) is 0 Å². The molecule has 2 unspecified atom stereocenters. The fourth-order valence-corrected chi connectivity index (χ4v) is 3.69. The van der Waals surface area contributed by atoms with Crippen molar-refractivity contribution >= 4 is 12.1 Å². The molecule has 0 aliphatic heterocycles. The quantitative estimate of drug-likeness (QED) is 0.311. The molecule has 0 radical (unpaired) electrons. The minimum atomic E-state index is -0.413. The minimum absolute atomic E-state index is 0.00934. The van der Waals surface area contributed by atoms with Crippen LogP contribution in [0.25, 0.3) is 0 Å². The Bertz CT molecular complexity index is 804. The van der Waals surface area contributed by atoms with Crippen LogP contribution in [0.15, 0.2) is 23.8 Å². The van der Waals surface area contributed by atoms with Crippen LogP contribution >= 0.6 is 0 Å². The zero-order valence-electron chi connectivity index (χ0n) is 16.3. The van der Waals surface area contributed by atoms with Gasteiger partial charge < -0.3 is 15.3 Å². The first-order valence-electron chi connectivity index (χ1n) is 9.28. The minimum Gasteiger partial charge on any atom is -0.507 e. The highest BCUT2D eigenvalue weighted by Gasteiger charge is 2.31. The molecule has 27 heavy (non-hydrogen) atoms. The first-order chi connectivity index (χ1) is 12.7. The number of phenolic OH excluding ortho intramolecular Hbond substituents is 3. The van der Waals surface area contributed by atoms with Crippen molar-refractivity contribution < 1.29 is 24.9 Å². The molecule has 1 aliphatic carbocycles. The van der Waals surface area contributed by atoms with E-state index < -0.39 is 11.5 Å². The van der Waals surface area contributed by atoms with Gasteiger partial charge in [-0.2, -0.15) is 0 Å². The second-order valence-corrected chi connectivity index (χ2v) is 7.54. The van der Waals surface area contributed by atoms with Crippen LogP contribution in [-0.4, -0.2) is 27.4 Å². The molecular weight excluding hydrogens is 344 g/mol. The number of carbonyl (C=O) groups is 2. The third kappa shape index (κ3) is 4.24. The van der Waals surface area contributed by atoms with Gasteiger partial charge in [-0.1, -0.05) is 37.6 Å². The maximum Gasteiger partial charge on any atom is 0.165 e. The van der Waals surface area contributed by atoms with Crippen molar-refractivity contribution in [2.45, 2.75) is 47.0 Å². The average molecular weight is 372 g/mol. The van der Waals surface area contributed by atoms with Crippen LogP contribution < -0.4 is 0 Å². The molecule has 1 aromatic rings. The predicted molar refractivity (Wildman–Crippen MR) is 104 cm³/mol. The number of aldehydes is 1. The van der Waals surface area contributed by atoms with Gasteiger partial charge in [-0.15, -0.1) is 0 Å². The summed E-state index contributed by atoms with van der Waals surface area (Å²) in [6, 6.07) is 0. The van der Waals surface area contributed by atoms with Crippen LogP contribution in [0.5, 0.6) is 17.2 Å². The van der Waals surface area contributed by atoms with Gasteiger partial charge in [0, 0.05) is 23.5 Å². The number of phenols is 3. The van der Waals surface area contributed by atoms with Gasteiger partial charge in [-0.05, 0) is 38.5 Å². The van der Waals surface area contributed by atoms with Gasteiger partial charge in [-0.3, -0.25) is 9.59 Å².